The van der Waals surface area contributed by atoms with Crippen molar-refractivity contribution in [3.8, 4) is 17.0 Å². The van der Waals surface area contributed by atoms with Crippen molar-refractivity contribution in [2.75, 3.05) is 17.7 Å². The number of hydrogen-bond donors (Lipinski definition) is 2. The molecule has 0 atom stereocenters. The van der Waals surface area contributed by atoms with Crippen molar-refractivity contribution in [1.29, 1.82) is 0 Å². The summed E-state index contributed by atoms with van der Waals surface area (Å²) in [5, 5.41) is 6.22. The van der Waals surface area contributed by atoms with Crippen LogP contribution in [0.25, 0.3) is 11.3 Å². The lowest BCUT2D eigenvalue weighted by atomic mass is 9.87. The Hall–Kier alpha value is -4.19. The van der Waals surface area contributed by atoms with Crippen LogP contribution in [-0.4, -0.2) is 23.0 Å². The van der Waals surface area contributed by atoms with Gasteiger partial charge in [-0.05, 0) is 59.5 Å². The molecule has 2 N–H and O–H groups in total. The van der Waals surface area contributed by atoms with Gasteiger partial charge in [0.25, 0.3) is 5.91 Å². The number of amides is 1. The van der Waals surface area contributed by atoms with Gasteiger partial charge in [-0.25, -0.2) is 9.97 Å². The summed E-state index contributed by atoms with van der Waals surface area (Å²) < 4.78 is 5.44. The third-order valence-corrected chi connectivity index (χ3v) is 5.48. The molecule has 4 aromatic rings. The zero-order valence-corrected chi connectivity index (χ0v) is 19.8. The number of aromatic nitrogens is 2. The van der Waals surface area contributed by atoms with Gasteiger partial charge in [0.2, 0.25) is 0 Å². The van der Waals surface area contributed by atoms with E-state index in [1.165, 1.54) is 11.9 Å². The van der Waals surface area contributed by atoms with Crippen LogP contribution in [0.2, 0.25) is 0 Å². The lowest BCUT2D eigenvalue weighted by molar-refractivity contribution is 0.102. The molecule has 6 nitrogen and oxygen atoms in total. The molecule has 1 heterocycles. The predicted molar refractivity (Wildman–Crippen MR) is 137 cm³/mol. The van der Waals surface area contributed by atoms with Crippen LogP contribution >= 0.6 is 0 Å². The molecular formula is C28H28N4O2. The average molecular weight is 453 g/mol. The molecule has 0 aliphatic heterocycles. The van der Waals surface area contributed by atoms with E-state index >= 15 is 0 Å². The first-order valence-electron chi connectivity index (χ1n) is 11.1. The fourth-order valence-corrected chi connectivity index (χ4v) is 3.54. The second-order valence-corrected chi connectivity index (χ2v) is 8.97. The lowest BCUT2D eigenvalue weighted by Gasteiger charge is -2.19. The van der Waals surface area contributed by atoms with Crippen LogP contribution in [0.4, 0.5) is 17.2 Å². The Kier molecular flexibility index (Phi) is 6.59. The second-order valence-electron chi connectivity index (χ2n) is 8.97. The first-order chi connectivity index (χ1) is 16.3. The first kappa shape index (κ1) is 23.0. The van der Waals surface area contributed by atoms with Crippen LogP contribution in [0.1, 0.15) is 36.7 Å². The average Bonchev–Trinajstić information content (AvgIpc) is 2.85. The Labute approximate surface area is 200 Å². The van der Waals surface area contributed by atoms with Gasteiger partial charge in [-0.15, -0.1) is 0 Å². The number of nitrogens with one attached hydrogen (secondary N) is 2. The summed E-state index contributed by atoms with van der Waals surface area (Å²) in [6.45, 7) is 6.45. The molecule has 3 aromatic carbocycles. The predicted octanol–water partition coefficient (Wildman–Crippen LogP) is 6.45. The maximum absolute atomic E-state index is 12.6. The summed E-state index contributed by atoms with van der Waals surface area (Å²) in [7, 11) is 1.64. The molecule has 0 fully saturated rings. The lowest BCUT2D eigenvalue weighted by Crippen LogP contribution is -2.14. The summed E-state index contributed by atoms with van der Waals surface area (Å²) >= 11 is 0. The first-order valence-corrected chi connectivity index (χ1v) is 11.1. The van der Waals surface area contributed by atoms with Crippen molar-refractivity contribution in [2.45, 2.75) is 26.2 Å². The number of methoxy groups -OCH3 is 1. The number of carbonyl (C=O) groups is 1. The van der Waals surface area contributed by atoms with Gasteiger partial charge < -0.3 is 15.4 Å². The molecular weight excluding hydrogens is 424 g/mol. The molecule has 1 aromatic heterocycles. The normalized spacial score (nSPS) is 11.1. The van der Waals surface area contributed by atoms with Gasteiger partial charge in [0.15, 0.2) is 0 Å². The van der Waals surface area contributed by atoms with E-state index in [1.54, 1.807) is 7.11 Å². The molecule has 0 aliphatic carbocycles. The number of para-hydroxylation sites is 1. The van der Waals surface area contributed by atoms with E-state index in [0.29, 0.717) is 17.1 Å². The van der Waals surface area contributed by atoms with Crippen LogP contribution in [0, 0.1) is 0 Å². The van der Waals surface area contributed by atoms with Crippen molar-refractivity contribution >= 4 is 23.1 Å². The van der Waals surface area contributed by atoms with E-state index in [4.69, 9.17) is 4.74 Å². The molecule has 4 rings (SSSR count). The summed E-state index contributed by atoms with van der Waals surface area (Å²) in [5.41, 5.74) is 5.08. The van der Waals surface area contributed by atoms with E-state index in [1.807, 2.05) is 78.9 Å². The molecule has 0 radical (unpaired) electrons. The van der Waals surface area contributed by atoms with E-state index in [2.05, 4.69) is 41.4 Å². The Balaban J connectivity index is 1.43. The van der Waals surface area contributed by atoms with E-state index < -0.39 is 0 Å². The summed E-state index contributed by atoms with van der Waals surface area (Å²) in [6, 6.07) is 24.8. The smallest absolute Gasteiger partial charge is 0.255 e. The highest BCUT2D eigenvalue weighted by atomic mass is 16.5. The Bertz CT molecular complexity index is 1280. The van der Waals surface area contributed by atoms with Gasteiger partial charge >= 0.3 is 0 Å². The quantitative estimate of drug-likeness (QED) is 0.352. The Morgan fingerprint density at radius 1 is 0.853 bits per heavy atom. The number of nitrogens with zero attached hydrogens (tertiary/aromatic N) is 2. The van der Waals surface area contributed by atoms with Gasteiger partial charge in [0, 0.05) is 28.6 Å². The molecule has 0 aliphatic rings. The van der Waals surface area contributed by atoms with E-state index in [0.717, 1.165) is 22.7 Å². The fraction of sp³-hybridized carbons (Fsp3) is 0.179. The minimum Gasteiger partial charge on any atom is -0.496 e. The SMILES string of the molecule is COc1ccccc1-c1cc(Nc2ccc(NC(=O)c3ccc(C(C)(C)C)cc3)cc2)ncn1. The largest absolute Gasteiger partial charge is 0.496 e. The minimum atomic E-state index is -0.140. The minimum absolute atomic E-state index is 0.0510. The van der Waals surface area contributed by atoms with Crippen molar-refractivity contribution in [3.05, 3.63) is 96.3 Å². The van der Waals surface area contributed by atoms with E-state index in [9.17, 15) is 4.79 Å². The standard InChI is InChI=1S/C28H28N4O2/c1-28(2,3)20-11-9-19(10-12-20)27(33)32-22-15-13-21(14-16-22)31-26-17-24(29-18-30-26)23-7-5-6-8-25(23)34-4/h5-18H,1-4H3,(H,32,33)(H,29,30,31). The molecule has 0 bridgehead atoms. The van der Waals surface area contributed by atoms with Crippen molar-refractivity contribution in [2.24, 2.45) is 0 Å². The molecule has 34 heavy (non-hydrogen) atoms. The third kappa shape index (κ3) is 5.41. The van der Waals surface area contributed by atoms with Crippen molar-refractivity contribution < 1.29 is 9.53 Å². The summed E-state index contributed by atoms with van der Waals surface area (Å²) in [6.07, 6.45) is 1.52. The number of anilines is 3. The van der Waals surface area contributed by atoms with Gasteiger partial charge in [0.05, 0.1) is 12.8 Å². The zero-order valence-electron chi connectivity index (χ0n) is 19.8. The maximum Gasteiger partial charge on any atom is 0.255 e. The number of rotatable bonds is 6. The van der Waals surface area contributed by atoms with Crippen LogP contribution in [-0.2, 0) is 5.41 Å². The second kappa shape index (κ2) is 9.75. The van der Waals surface area contributed by atoms with Gasteiger partial charge in [-0.3, -0.25) is 4.79 Å². The summed E-state index contributed by atoms with van der Waals surface area (Å²) in [5.74, 6) is 1.27. The van der Waals surface area contributed by atoms with Crippen LogP contribution < -0.4 is 15.4 Å². The molecule has 1 amide bonds. The molecule has 0 saturated carbocycles. The molecule has 0 saturated heterocycles. The maximum atomic E-state index is 12.6. The molecule has 0 spiro atoms. The van der Waals surface area contributed by atoms with Gasteiger partial charge in [0.1, 0.15) is 17.9 Å². The van der Waals surface area contributed by atoms with Gasteiger partial charge in [-0.1, -0.05) is 45.0 Å². The monoisotopic (exact) mass is 452 g/mol. The molecule has 6 heteroatoms. The van der Waals surface area contributed by atoms with Crippen LogP contribution in [0.15, 0.2) is 85.2 Å². The number of ether oxygens (including phenoxy) is 1. The highest BCUT2D eigenvalue weighted by Gasteiger charge is 2.14. The Morgan fingerprint density at radius 2 is 1.53 bits per heavy atom. The van der Waals surface area contributed by atoms with Crippen molar-refractivity contribution in [3.63, 3.8) is 0 Å². The van der Waals surface area contributed by atoms with Gasteiger partial charge in [-0.2, -0.15) is 0 Å². The molecule has 0 unspecified atom stereocenters. The van der Waals surface area contributed by atoms with Crippen LogP contribution in [0.3, 0.4) is 0 Å². The number of carbonyl (C=O) groups excluding carboxylic acids is 1. The Morgan fingerprint density at radius 3 is 2.21 bits per heavy atom. The third-order valence-electron chi connectivity index (χ3n) is 5.48. The highest BCUT2D eigenvalue weighted by molar-refractivity contribution is 6.04. The van der Waals surface area contributed by atoms with Crippen molar-refractivity contribution in [1.82, 2.24) is 9.97 Å². The van der Waals surface area contributed by atoms with Crippen LogP contribution in [0.5, 0.6) is 5.75 Å². The highest BCUT2D eigenvalue weighted by Crippen LogP contribution is 2.29. The number of hydrogen-bond acceptors (Lipinski definition) is 5. The zero-order chi connectivity index (χ0) is 24.1. The molecule has 172 valence electrons. The topological polar surface area (TPSA) is 76.1 Å². The fourth-order valence-electron chi connectivity index (χ4n) is 3.54. The summed E-state index contributed by atoms with van der Waals surface area (Å²) in [4.78, 5) is 21.3. The van der Waals surface area contributed by atoms with E-state index in [-0.39, 0.29) is 11.3 Å². The number of benzene rings is 3.